The second-order valence-corrected chi connectivity index (χ2v) is 13.9. The van der Waals surface area contributed by atoms with Crippen LogP contribution in [0.2, 0.25) is 0 Å². The smallest absolute Gasteiger partial charge is 0.331 e. The summed E-state index contributed by atoms with van der Waals surface area (Å²) in [5.41, 5.74) is 7.33. The maximum Gasteiger partial charge on any atom is 0.331 e. The highest BCUT2D eigenvalue weighted by Crippen LogP contribution is 2.23. The van der Waals surface area contributed by atoms with E-state index in [9.17, 15) is 28.0 Å². The van der Waals surface area contributed by atoms with Crippen LogP contribution in [-0.2, 0) is 57.5 Å². The van der Waals surface area contributed by atoms with E-state index in [4.69, 9.17) is 34.2 Å². The number of ether oxygens (including phenoxy) is 6. The van der Waals surface area contributed by atoms with Gasteiger partial charge in [-0.3, -0.25) is 18.7 Å². The number of nitrogens with zero attached hydrogens (tertiary/aromatic N) is 2. The SMILES string of the molecule is Cc1c(-c2cccc(CCC(=O)CCCOCCOCCOCCOCCOCCOCCC=O)c2)c(=O)n(C[C@H](N)c2ccccc2)c(=O)n1Cc1c(F)cccc1F. The molecule has 0 amide bonds. The molecule has 0 bridgehead atoms. The van der Waals surface area contributed by atoms with E-state index in [1.54, 1.807) is 49.4 Å². The first kappa shape index (κ1) is 47.9. The summed E-state index contributed by atoms with van der Waals surface area (Å²) in [6.07, 6.45) is 2.83. The van der Waals surface area contributed by atoms with Gasteiger partial charge in [0.05, 0.1) is 91.3 Å². The van der Waals surface area contributed by atoms with E-state index in [1.807, 2.05) is 12.1 Å². The first-order chi connectivity index (χ1) is 29.2. The molecule has 0 saturated carbocycles. The van der Waals surface area contributed by atoms with Crippen molar-refractivity contribution in [2.75, 3.05) is 79.3 Å². The number of aldehydes is 1. The number of carbonyl (C=O) groups excluding carboxylic acids is 2. The minimum Gasteiger partial charge on any atom is -0.379 e. The molecular formula is C45H57F2N3O10. The lowest BCUT2D eigenvalue weighted by molar-refractivity contribution is -0.119. The van der Waals surface area contributed by atoms with Crippen molar-refractivity contribution in [3.8, 4) is 11.1 Å². The number of nitrogens with two attached hydrogens (primary N) is 1. The molecule has 3 aromatic carbocycles. The standard InChI is InChI=1S/C45H57F2N3O10/c1-34-43(44(53)50(33-42(48)36-10-3-2-4-11-36)45(54)49(34)32-39-40(46)14-6-15-41(39)47)37-12-5-9-35(31-37)16-17-38(52)13-7-19-55-21-23-57-25-27-59-29-30-60-28-26-58-24-22-56-20-8-18-51/h2-6,9-12,14-15,18,31,42H,7-8,13,16-17,19-30,32-33,48H2,1H3/t42-/m0/s1. The number of Topliss-reactive ketones (excluding diaryl/α,β-unsaturated/α-hetero) is 1. The molecule has 1 heterocycles. The Labute approximate surface area is 349 Å². The summed E-state index contributed by atoms with van der Waals surface area (Å²) in [6, 6.07) is 19.0. The molecule has 13 nitrogen and oxygen atoms in total. The molecule has 2 N–H and O–H groups in total. The van der Waals surface area contributed by atoms with E-state index in [2.05, 4.69) is 0 Å². The number of aromatic nitrogens is 2. The summed E-state index contributed by atoms with van der Waals surface area (Å²) in [7, 11) is 0. The van der Waals surface area contributed by atoms with Crippen molar-refractivity contribution in [3.63, 3.8) is 0 Å². The molecule has 0 radical (unpaired) electrons. The van der Waals surface area contributed by atoms with E-state index < -0.39 is 35.5 Å². The van der Waals surface area contributed by atoms with E-state index in [0.29, 0.717) is 116 Å². The van der Waals surface area contributed by atoms with Gasteiger partial charge in [-0.2, -0.15) is 0 Å². The monoisotopic (exact) mass is 837 g/mol. The molecule has 0 aliphatic rings. The Hall–Kier alpha value is -4.74. The lowest BCUT2D eigenvalue weighted by Gasteiger charge is -2.20. The van der Waals surface area contributed by atoms with Crippen LogP contribution in [0.1, 0.15) is 54.1 Å². The van der Waals surface area contributed by atoms with E-state index in [1.165, 1.54) is 10.6 Å². The molecule has 15 heteroatoms. The fraction of sp³-hybridized carbons (Fsp3) is 0.467. The van der Waals surface area contributed by atoms with Gasteiger partial charge in [-0.25, -0.2) is 13.6 Å². The van der Waals surface area contributed by atoms with Crippen LogP contribution < -0.4 is 17.0 Å². The lowest BCUT2D eigenvalue weighted by atomic mass is 9.99. The zero-order valence-electron chi connectivity index (χ0n) is 34.3. The predicted molar refractivity (Wildman–Crippen MR) is 222 cm³/mol. The van der Waals surface area contributed by atoms with Crippen LogP contribution in [0.15, 0.2) is 82.4 Å². The number of halogens is 2. The minimum absolute atomic E-state index is 0.0693. The third-order valence-electron chi connectivity index (χ3n) is 9.56. The Kier molecular flexibility index (Phi) is 21.7. The number of aryl methyl sites for hydroxylation is 1. The molecule has 0 fully saturated rings. The molecule has 0 unspecified atom stereocenters. The van der Waals surface area contributed by atoms with Gasteiger partial charge < -0.3 is 38.9 Å². The zero-order chi connectivity index (χ0) is 43.0. The van der Waals surface area contributed by atoms with Crippen LogP contribution in [0, 0.1) is 18.6 Å². The molecule has 60 heavy (non-hydrogen) atoms. The highest BCUT2D eigenvalue weighted by molar-refractivity contribution is 5.78. The molecule has 0 aliphatic heterocycles. The van der Waals surface area contributed by atoms with Crippen molar-refractivity contribution in [2.24, 2.45) is 5.73 Å². The Morgan fingerprint density at radius 2 is 1.25 bits per heavy atom. The Morgan fingerprint density at radius 1 is 0.700 bits per heavy atom. The summed E-state index contributed by atoms with van der Waals surface area (Å²) in [4.78, 5) is 50.9. The molecule has 1 aromatic heterocycles. The summed E-state index contributed by atoms with van der Waals surface area (Å²) in [5.74, 6) is -1.55. The van der Waals surface area contributed by atoms with Gasteiger partial charge in [-0.1, -0.05) is 60.7 Å². The average Bonchev–Trinajstić information content (AvgIpc) is 3.25. The second-order valence-electron chi connectivity index (χ2n) is 13.9. The fourth-order valence-corrected chi connectivity index (χ4v) is 6.32. The van der Waals surface area contributed by atoms with Crippen molar-refractivity contribution < 1.29 is 46.8 Å². The van der Waals surface area contributed by atoms with Crippen molar-refractivity contribution in [2.45, 2.75) is 58.2 Å². The molecule has 0 saturated heterocycles. The van der Waals surface area contributed by atoms with Crippen LogP contribution in [-0.4, -0.2) is 100 Å². The Bertz CT molecular complexity index is 2000. The number of hydrogen-bond donors (Lipinski definition) is 1. The molecule has 1 atom stereocenters. The largest absolute Gasteiger partial charge is 0.379 e. The molecule has 4 rings (SSSR count). The van der Waals surface area contributed by atoms with Gasteiger partial charge in [0.1, 0.15) is 23.7 Å². The number of ketones is 1. The molecule has 0 aliphatic carbocycles. The van der Waals surface area contributed by atoms with Crippen molar-refractivity contribution in [1.82, 2.24) is 9.13 Å². The molecule has 4 aromatic rings. The van der Waals surface area contributed by atoms with E-state index in [-0.39, 0.29) is 35.6 Å². The minimum atomic E-state index is -0.809. The second kappa shape index (κ2) is 27.2. The maximum atomic E-state index is 14.8. The maximum absolute atomic E-state index is 14.8. The van der Waals surface area contributed by atoms with Crippen LogP contribution in [0.5, 0.6) is 0 Å². The van der Waals surface area contributed by atoms with Gasteiger partial charge in [0.25, 0.3) is 5.56 Å². The zero-order valence-corrected chi connectivity index (χ0v) is 34.3. The lowest BCUT2D eigenvalue weighted by Crippen LogP contribution is -2.44. The quantitative estimate of drug-likeness (QED) is 0.0538. The van der Waals surface area contributed by atoms with Crippen molar-refractivity contribution in [3.05, 3.63) is 128 Å². The first-order valence-corrected chi connectivity index (χ1v) is 20.3. The first-order valence-electron chi connectivity index (χ1n) is 20.3. The van der Waals surface area contributed by atoms with Gasteiger partial charge in [0, 0.05) is 43.2 Å². The highest BCUT2D eigenvalue weighted by Gasteiger charge is 2.22. The number of benzene rings is 3. The van der Waals surface area contributed by atoms with E-state index in [0.717, 1.165) is 28.5 Å². The molecular weight excluding hydrogens is 781 g/mol. The van der Waals surface area contributed by atoms with Crippen LogP contribution in [0.25, 0.3) is 11.1 Å². The molecule has 326 valence electrons. The van der Waals surface area contributed by atoms with Crippen molar-refractivity contribution >= 4 is 12.1 Å². The predicted octanol–water partition coefficient (Wildman–Crippen LogP) is 4.98. The number of carbonyl (C=O) groups is 2. The summed E-state index contributed by atoms with van der Waals surface area (Å²) in [5, 5.41) is 0. The molecule has 0 spiro atoms. The van der Waals surface area contributed by atoms with Crippen LogP contribution in [0.3, 0.4) is 0 Å². The van der Waals surface area contributed by atoms with Crippen LogP contribution >= 0.6 is 0 Å². The van der Waals surface area contributed by atoms with Gasteiger partial charge in [0.2, 0.25) is 0 Å². The highest BCUT2D eigenvalue weighted by atomic mass is 19.1. The number of hydrogen-bond acceptors (Lipinski definition) is 11. The third kappa shape index (κ3) is 16.0. The normalized spacial score (nSPS) is 11.9. The topological polar surface area (TPSA) is 160 Å². The van der Waals surface area contributed by atoms with E-state index >= 15 is 0 Å². The van der Waals surface area contributed by atoms with Gasteiger partial charge >= 0.3 is 5.69 Å². The Balaban J connectivity index is 1.20. The van der Waals surface area contributed by atoms with Gasteiger partial charge in [-0.05, 0) is 48.6 Å². The number of rotatable bonds is 31. The average molecular weight is 838 g/mol. The summed E-state index contributed by atoms with van der Waals surface area (Å²) < 4.78 is 64.5. The third-order valence-corrected chi connectivity index (χ3v) is 9.56. The van der Waals surface area contributed by atoms with Crippen LogP contribution in [0.4, 0.5) is 8.78 Å². The fourth-order valence-electron chi connectivity index (χ4n) is 6.32. The van der Waals surface area contributed by atoms with Gasteiger partial charge in [-0.15, -0.1) is 0 Å². The van der Waals surface area contributed by atoms with Gasteiger partial charge in [0.15, 0.2) is 0 Å². The van der Waals surface area contributed by atoms with Crippen molar-refractivity contribution in [1.29, 1.82) is 0 Å². The summed E-state index contributed by atoms with van der Waals surface area (Å²) >= 11 is 0. The Morgan fingerprint density at radius 3 is 1.83 bits per heavy atom. The summed E-state index contributed by atoms with van der Waals surface area (Å²) in [6.45, 7) is 6.16.